The molecule has 0 aromatic heterocycles. The molecule has 2 rings (SSSR count). The summed E-state index contributed by atoms with van der Waals surface area (Å²) in [5.41, 5.74) is 1.18. The molecule has 0 aliphatic carbocycles. The number of carbonyl (C=O) groups is 3. The van der Waals surface area contributed by atoms with E-state index in [0.717, 1.165) is 6.42 Å². The zero-order valence-electron chi connectivity index (χ0n) is 14.1. The molecule has 1 atom stereocenters. The van der Waals surface area contributed by atoms with Crippen molar-refractivity contribution in [3.05, 3.63) is 36.9 Å². The zero-order chi connectivity index (χ0) is 18.2. The molecule has 1 heterocycles. The van der Waals surface area contributed by atoms with Crippen LogP contribution in [-0.4, -0.2) is 49.2 Å². The second-order valence-electron chi connectivity index (χ2n) is 5.51. The number of ether oxygens (including phenoxy) is 1. The minimum atomic E-state index is -0.532. The first kappa shape index (κ1) is 18.3. The van der Waals surface area contributed by atoms with Crippen LogP contribution in [0.1, 0.15) is 12.8 Å². The van der Waals surface area contributed by atoms with Gasteiger partial charge in [0, 0.05) is 24.5 Å². The number of urea groups is 1. The Morgan fingerprint density at radius 2 is 1.88 bits per heavy atom. The molecule has 1 aliphatic rings. The standard InChI is InChI=1S/C17H22N4O4/c1-3-10-18-16(23)20-13-8-6-12(7-9-13)19-15(22)14-5-4-11-21(14)17(24)25-2/h3,6-9,14H,1,4-5,10-11H2,2H3,(H,19,22)(H2,18,20,23)/t14-/m0/s1. The summed E-state index contributed by atoms with van der Waals surface area (Å²) in [7, 11) is 1.30. The van der Waals surface area contributed by atoms with Gasteiger partial charge < -0.3 is 20.7 Å². The Morgan fingerprint density at radius 3 is 2.48 bits per heavy atom. The van der Waals surface area contributed by atoms with Crippen molar-refractivity contribution in [1.29, 1.82) is 0 Å². The molecule has 8 nitrogen and oxygen atoms in total. The summed E-state index contributed by atoms with van der Waals surface area (Å²) in [4.78, 5) is 37.0. The van der Waals surface area contributed by atoms with Gasteiger partial charge in [0.15, 0.2) is 0 Å². The van der Waals surface area contributed by atoms with Crippen molar-refractivity contribution in [2.75, 3.05) is 30.8 Å². The highest BCUT2D eigenvalue weighted by Crippen LogP contribution is 2.20. The Hall–Kier alpha value is -3.03. The first-order valence-electron chi connectivity index (χ1n) is 7.96. The van der Waals surface area contributed by atoms with Gasteiger partial charge in [-0.15, -0.1) is 6.58 Å². The van der Waals surface area contributed by atoms with Gasteiger partial charge in [-0.3, -0.25) is 9.69 Å². The fourth-order valence-electron chi connectivity index (χ4n) is 2.58. The van der Waals surface area contributed by atoms with E-state index in [9.17, 15) is 14.4 Å². The lowest BCUT2D eigenvalue weighted by molar-refractivity contribution is -0.119. The van der Waals surface area contributed by atoms with Crippen molar-refractivity contribution in [3.63, 3.8) is 0 Å². The fraction of sp³-hybridized carbons (Fsp3) is 0.353. The van der Waals surface area contributed by atoms with Crippen LogP contribution in [0.25, 0.3) is 0 Å². The van der Waals surface area contributed by atoms with Gasteiger partial charge in [0.1, 0.15) is 6.04 Å². The minimum absolute atomic E-state index is 0.257. The number of methoxy groups -OCH3 is 1. The third kappa shape index (κ3) is 4.97. The summed E-state index contributed by atoms with van der Waals surface area (Å²) >= 11 is 0. The lowest BCUT2D eigenvalue weighted by atomic mass is 10.2. The number of nitrogens with zero attached hydrogens (tertiary/aromatic N) is 1. The Bertz CT molecular complexity index is 645. The summed E-state index contributed by atoms with van der Waals surface area (Å²) in [5.74, 6) is -0.257. The van der Waals surface area contributed by atoms with E-state index in [0.29, 0.717) is 30.9 Å². The van der Waals surface area contributed by atoms with Crippen LogP contribution in [-0.2, 0) is 9.53 Å². The molecule has 0 unspecified atom stereocenters. The normalized spacial score (nSPS) is 16.0. The Balaban J connectivity index is 1.92. The summed E-state index contributed by atoms with van der Waals surface area (Å²) in [6, 6.07) is 5.84. The molecule has 25 heavy (non-hydrogen) atoms. The summed E-state index contributed by atoms with van der Waals surface area (Å²) in [6.45, 7) is 4.40. The summed E-state index contributed by atoms with van der Waals surface area (Å²) < 4.78 is 4.70. The van der Waals surface area contributed by atoms with Crippen LogP contribution in [0.2, 0.25) is 0 Å². The average Bonchev–Trinajstić information content (AvgIpc) is 3.11. The molecule has 4 amide bonds. The number of amides is 4. The number of anilines is 2. The monoisotopic (exact) mass is 346 g/mol. The molecular weight excluding hydrogens is 324 g/mol. The van der Waals surface area contributed by atoms with Crippen LogP contribution < -0.4 is 16.0 Å². The molecule has 1 saturated heterocycles. The van der Waals surface area contributed by atoms with Gasteiger partial charge in [0.05, 0.1) is 7.11 Å². The third-order valence-corrected chi connectivity index (χ3v) is 3.78. The van der Waals surface area contributed by atoms with Crippen molar-refractivity contribution < 1.29 is 19.1 Å². The molecule has 0 saturated carbocycles. The third-order valence-electron chi connectivity index (χ3n) is 3.78. The second-order valence-corrected chi connectivity index (χ2v) is 5.51. The molecule has 3 N–H and O–H groups in total. The molecule has 8 heteroatoms. The lowest BCUT2D eigenvalue weighted by Gasteiger charge is -2.22. The molecule has 1 fully saturated rings. The van der Waals surface area contributed by atoms with Gasteiger partial charge in [-0.2, -0.15) is 0 Å². The van der Waals surface area contributed by atoms with Crippen molar-refractivity contribution in [2.45, 2.75) is 18.9 Å². The summed E-state index contributed by atoms with van der Waals surface area (Å²) in [6.07, 6.45) is 2.45. The van der Waals surface area contributed by atoms with Crippen molar-refractivity contribution in [2.24, 2.45) is 0 Å². The van der Waals surface area contributed by atoms with E-state index in [4.69, 9.17) is 4.74 Å². The number of nitrogens with one attached hydrogen (secondary N) is 3. The molecule has 134 valence electrons. The molecule has 1 aliphatic heterocycles. The van der Waals surface area contributed by atoms with E-state index in [-0.39, 0.29) is 11.9 Å². The average molecular weight is 346 g/mol. The zero-order valence-corrected chi connectivity index (χ0v) is 14.1. The number of benzene rings is 1. The van der Waals surface area contributed by atoms with Gasteiger partial charge in [0.2, 0.25) is 5.91 Å². The minimum Gasteiger partial charge on any atom is -0.453 e. The van der Waals surface area contributed by atoms with E-state index >= 15 is 0 Å². The van der Waals surface area contributed by atoms with Crippen LogP contribution in [0.4, 0.5) is 21.0 Å². The van der Waals surface area contributed by atoms with Gasteiger partial charge in [-0.25, -0.2) is 9.59 Å². The van der Waals surface area contributed by atoms with E-state index in [1.807, 2.05) is 0 Å². The molecule has 1 aromatic rings. The number of likely N-dealkylation sites (tertiary alicyclic amines) is 1. The lowest BCUT2D eigenvalue weighted by Crippen LogP contribution is -2.43. The number of hydrogen-bond donors (Lipinski definition) is 3. The summed E-state index contributed by atoms with van der Waals surface area (Å²) in [5, 5.41) is 8.04. The second kappa shape index (κ2) is 8.72. The smallest absolute Gasteiger partial charge is 0.410 e. The SMILES string of the molecule is C=CCNC(=O)Nc1ccc(NC(=O)[C@@H]2CCCN2C(=O)OC)cc1. The largest absolute Gasteiger partial charge is 0.453 e. The van der Waals surface area contributed by atoms with Crippen molar-refractivity contribution >= 4 is 29.4 Å². The Kier molecular flexibility index (Phi) is 6.39. The van der Waals surface area contributed by atoms with Crippen molar-refractivity contribution in [3.8, 4) is 0 Å². The highest BCUT2D eigenvalue weighted by atomic mass is 16.5. The van der Waals surface area contributed by atoms with Crippen LogP contribution in [0, 0.1) is 0 Å². The maximum Gasteiger partial charge on any atom is 0.410 e. The Morgan fingerprint density at radius 1 is 1.24 bits per heavy atom. The van der Waals surface area contributed by atoms with Crippen LogP contribution >= 0.6 is 0 Å². The molecule has 0 radical (unpaired) electrons. The van der Waals surface area contributed by atoms with Crippen LogP contribution in [0.3, 0.4) is 0 Å². The number of carbonyl (C=O) groups excluding carboxylic acids is 3. The van der Waals surface area contributed by atoms with E-state index in [1.165, 1.54) is 12.0 Å². The highest BCUT2D eigenvalue weighted by molar-refractivity contribution is 5.97. The van der Waals surface area contributed by atoms with E-state index < -0.39 is 12.1 Å². The highest BCUT2D eigenvalue weighted by Gasteiger charge is 2.34. The topological polar surface area (TPSA) is 99.8 Å². The molecule has 0 bridgehead atoms. The van der Waals surface area contributed by atoms with Gasteiger partial charge >= 0.3 is 12.1 Å². The van der Waals surface area contributed by atoms with Gasteiger partial charge in [0.25, 0.3) is 0 Å². The predicted octanol–water partition coefficient (Wildman–Crippen LogP) is 2.16. The van der Waals surface area contributed by atoms with Crippen LogP contribution in [0.15, 0.2) is 36.9 Å². The first-order valence-corrected chi connectivity index (χ1v) is 7.96. The number of hydrogen-bond acceptors (Lipinski definition) is 4. The fourth-order valence-corrected chi connectivity index (χ4v) is 2.58. The first-order chi connectivity index (χ1) is 12.0. The quantitative estimate of drug-likeness (QED) is 0.711. The molecule has 1 aromatic carbocycles. The molecular formula is C17H22N4O4. The van der Waals surface area contributed by atoms with Crippen molar-refractivity contribution in [1.82, 2.24) is 10.2 Å². The maximum atomic E-state index is 12.4. The van der Waals surface area contributed by atoms with Gasteiger partial charge in [-0.1, -0.05) is 6.08 Å². The van der Waals surface area contributed by atoms with E-state index in [2.05, 4.69) is 22.5 Å². The predicted molar refractivity (Wildman–Crippen MR) is 94.4 cm³/mol. The van der Waals surface area contributed by atoms with Crippen LogP contribution in [0.5, 0.6) is 0 Å². The van der Waals surface area contributed by atoms with Gasteiger partial charge in [-0.05, 0) is 37.1 Å². The Labute approximate surface area is 146 Å². The molecule has 0 spiro atoms. The van der Waals surface area contributed by atoms with E-state index in [1.54, 1.807) is 30.3 Å². The number of rotatable bonds is 5. The maximum absolute atomic E-state index is 12.4.